The van der Waals surface area contributed by atoms with Crippen molar-refractivity contribution < 1.29 is 14.3 Å². The van der Waals surface area contributed by atoms with E-state index in [0.717, 1.165) is 0 Å². The van der Waals surface area contributed by atoms with Gasteiger partial charge in [-0.25, -0.2) is 4.79 Å². The van der Waals surface area contributed by atoms with Crippen LogP contribution >= 0.6 is 11.6 Å². The van der Waals surface area contributed by atoms with Crippen molar-refractivity contribution >= 4 is 34.9 Å². The predicted molar refractivity (Wildman–Crippen MR) is 84.6 cm³/mol. The molecule has 0 radical (unpaired) electrons. The molecule has 0 aliphatic heterocycles. The highest BCUT2D eigenvalue weighted by Gasteiger charge is 2.16. The molecule has 1 heterocycles. The zero-order chi connectivity index (χ0) is 16.1. The first-order valence-corrected chi connectivity index (χ1v) is 6.86. The summed E-state index contributed by atoms with van der Waals surface area (Å²) >= 11 is 6.01. The number of nitrogens with two attached hydrogens (primary N) is 1. The third kappa shape index (κ3) is 3.70. The standard InChI is InChI=1S/C14H15ClN4O3/c1-2-22-12-10(18-13(20)8-3-4-17-7-8)5-9(15)6-11(12)19-14(16)21/h3-7,17H,2H2,1H3,(H,18,20)(H3,16,19,21). The number of amides is 3. The number of nitrogens with one attached hydrogen (secondary N) is 3. The Bertz CT molecular complexity index is 686. The molecule has 0 aliphatic rings. The van der Waals surface area contributed by atoms with Crippen LogP contribution in [0.25, 0.3) is 0 Å². The van der Waals surface area contributed by atoms with Gasteiger partial charge >= 0.3 is 6.03 Å². The summed E-state index contributed by atoms with van der Waals surface area (Å²) in [6, 6.07) is 3.89. The van der Waals surface area contributed by atoms with Gasteiger partial charge in [-0.3, -0.25) is 4.79 Å². The zero-order valence-electron chi connectivity index (χ0n) is 11.8. The second-order valence-electron chi connectivity index (χ2n) is 4.31. The van der Waals surface area contributed by atoms with E-state index in [1.54, 1.807) is 25.4 Å². The number of hydrogen-bond acceptors (Lipinski definition) is 3. The SMILES string of the molecule is CCOc1c(NC(N)=O)cc(Cl)cc1NC(=O)c1cc[nH]c1. The molecule has 116 valence electrons. The molecule has 1 aromatic heterocycles. The van der Waals surface area contributed by atoms with Gasteiger partial charge in [0.25, 0.3) is 5.91 Å². The van der Waals surface area contributed by atoms with Crippen LogP contribution in [-0.4, -0.2) is 23.5 Å². The summed E-state index contributed by atoms with van der Waals surface area (Å²) in [6.07, 6.45) is 3.19. The quantitative estimate of drug-likeness (QED) is 0.679. The summed E-state index contributed by atoms with van der Waals surface area (Å²) < 4.78 is 5.49. The van der Waals surface area contributed by atoms with E-state index in [0.29, 0.717) is 22.9 Å². The van der Waals surface area contributed by atoms with Gasteiger partial charge in [-0.05, 0) is 25.1 Å². The second-order valence-corrected chi connectivity index (χ2v) is 4.74. The number of H-pyrrole nitrogens is 1. The van der Waals surface area contributed by atoms with Crippen LogP contribution in [0.15, 0.2) is 30.6 Å². The Morgan fingerprint density at radius 2 is 2.00 bits per heavy atom. The number of rotatable bonds is 5. The maximum absolute atomic E-state index is 12.1. The second kappa shape index (κ2) is 6.86. The minimum absolute atomic E-state index is 0.284. The average Bonchev–Trinajstić information content (AvgIpc) is 2.96. The number of hydrogen-bond donors (Lipinski definition) is 4. The first-order valence-electron chi connectivity index (χ1n) is 6.48. The van der Waals surface area contributed by atoms with E-state index in [2.05, 4.69) is 15.6 Å². The van der Waals surface area contributed by atoms with Crippen LogP contribution in [-0.2, 0) is 0 Å². The van der Waals surface area contributed by atoms with E-state index in [4.69, 9.17) is 22.1 Å². The van der Waals surface area contributed by atoms with E-state index in [1.165, 1.54) is 12.1 Å². The van der Waals surface area contributed by atoms with Crippen molar-refractivity contribution in [3.8, 4) is 5.75 Å². The fraction of sp³-hybridized carbons (Fsp3) is 0.143. The molecule has 1 aromatic carbocycles. The van der Waals surface area contributed by atoms with Crippen molar-refractivity contribution in [1.82, 2.24) is 4.98 Å². The number of anilines is 2. The van der Waals surface area contributed by atoms with Gasteiger partial charge < -0.3 is 26.1 Å². The zero-order valence-corrected chi connectivity index (χ0v) is 12.5. The molecular formula is C14H15ClN4O3. The topological polar surface area (TPSA) is 109 Å². The fourth-order valence-electron chi connectivity index (χ4n) is 1.87. The Balaban J connectivity index is 2.37. The number of ether oxygens (including phenoxy) is 1. The van der Waals surface area contributed by atoms with Gasteiger partial charge in [0.15, 0.2) is 5.75 Å². The highest BCUT2D eigenvalue weighted by atomic mass is 35.5. The minimum Gasteiger partial charge on any atom is -0.489 e. The van der Waals surface area contributed by atoms with Gasteiger partial charge in [-0.2, -0.15) is 0 Å². The number of halogens is 1. The van der Waals surface area contributed by atoms with Crippen molar-refractivity contribution in [2.24, 2.45) is 5.73 Å². The third-order valence-corrected chi connectivity index (χ3v) is 2.93. The molecule has 0 aliphatic carbocycles. The van der Waals surface area contributed by atoms with Gasteiger partial charge in [0.1, 0.15) is 0 Å². The van der Waals surface area contributed by atoms with E-state index in [9.17, 15) is 9.59 Å². The van der Waals surface area contributed by atoms with Gasteiger partial charge in [0.05, 0.1) is 23.5 Å². The summed E-state index contributed by atoms with van der Waals surface area (Å²) in [7, 11) is 0. The van der Waals surface area contributed by atoms with Crippen LogP contribution < -0.4 is 21.1 Å². The number of urea groups is 1. The number of carbonyl (C=O) groups excluding carboxylic acids is 2. The summed E-state index contributed by atoms with van der Waals surface area (Å²) in [6.45, 7) is 2.11. The molecule has 2 aromatic rings. The van der Waals surface area contributed by atoms with Crippen LogP contribution in [0.4, 0.5) is 16.2 Å². The van der Waals surface area contributed by atoms with E-state index in [1.807, 2.05) is 0 Å². The number of aromatic nitrogens is 1. The molecular weight excluding hydrogens is 308 g/mol. The molecule has 0 saturated heterocycles. The van der Waals surface area contributed by atoms with E-state index < -0.39 is 6.03 Å². The largest absolute Gasteiger partial charge is 0.489 e. The minimum atomic E-state index is -0.758. The number of aromatic amines is 1. The average molecular weight is 323 g/mol. The molecule has 0 bridgehead atoms. The third-order valence-electron chi connectivity index (χ3n) is 2.71. The van der Waals surface area contributed by atoms with Crippen molar-refractivity contribution in [3.05, 3.63) is 41.2 Å². The molecule has 0 fully saturated rings. The summed E-state index contributed by atoms with van der Waals surface area (Å²) in [5.41, 5.74) is 6.20. The predicted octanol–water partition coefficient (Wildman–Crippen LogP) is 2.81. The lowest BCUT2D eigenvalue weighted by Crippen LogP contribution is -2.20. The Hall–Kier alpha value is -2.67. The lowest BCUT2D eigenvalue weighted by molar-refractivity contribution is 0.102. The van der Waals surface area contributed by atoms with Gasteiger partial charge in [0.2, 0.25) is 0 Å². The van der Waals surface area contributed by atoms with Gasteiger partial charge in [-0.1, -0.05) is 11.6 Å². The maximum Gasteiger partial charge on any atom is 0.316 e. The lowest BCUT2D eigenvalue weighted by atomic mass is 10.2. The molecule has 8 heteroatoms. The van der Waals surface area contributed by atoms with Crippen LogP contribution in [0.3, 0.4) is 0 Å². The van der Waals surface area contributed by atoms with Crippen LogP contribution in [0.2, 0.25) is 5.02 Å². The Labute approximate surface area is 131 Å². The highest BCUT2D eigenvalue weighted by molar-refractivity contribution is 6.31. The summed E-state index contributed by atoms with van der Waals surface area (Å²) in [5, 5.41) is 5.43. The molecule has 5 N–H and O–H groups in total. The normalized spacial score (nSPS) is 10.1. The van der Waals surface area contributed by atoms with Gasteiger partial charge in [0, 0.05) is 17.4 Å². The van der Waals surface area contributed by atoms with Gasteiger partial charge in [-0.15, -0.1) is 0 Å². The van der Waals surface area contributed by atoms with Crippen molar-refractivity contribution in [1.29, 1.82) is 0 Å². The molecule has 3 amide bonds. The number of carbonyl (C=O) groups is 2. The molecule has 0 atom stereocenters. The van der Waals surface area contributed by atoms with Crippen molar-refractivity contribution in [2.45, 2.75) is 6.92 Å². The first-order chi connectivity index (χ1) is 10.5. The van der Waals surface area contributed by atoms with Crippen molar-refractivity contribution in [3.63, 3.8) is 0 Å². The fourth-order valence-corrected chi connectivity index (χ4v) is 2.09. The Morgan fingerprint density at radius 1 is 1.32 bits per heavy atom. The maximum atomic E-state index is 12.1. The number of benzene rings is 1. The molecule has 0 unspecified atom stereocenters. The molecule has 22 heavy (non-hydrogen) atoms. The van der Waals surface area contributed by atoms with Crippen LogP contribution in [0.1, 0.15) is 17.3 Å². The summed E-state index contributed by atoms with van der Waals surface area (Å²) in [5.74, 6) is -0.0518. The molecule has 2 rings (SSSR count). The van der Waals surface area contributed by atoms with Crippen LogP contribution in [0, 0.1) is 0 Å². The monoisotopic (exact) mass is 322 g/mol. The smallest absolute Gasteiger partial charge is 0.316 e. The highest BCUT2D eigenvalue weighted by Crippen LogP contribution is 2.37. The first kappa shape index (κ1) is 15.7. The van der Waals surface area contributed by atoms with Crippen molar-refractivity contribution in [2.75, 3.05) is 17.2 Å². The lowest BCUT2D eigenvalue weighted by Gasteiger charge is -2.16. The van der Waals surface area contributed by atoms with E-state index >= 15 is 0 Å². The number of primary amides is 1. The Morgan fingerprint density at radius 3 is 2.55 bits per heavy atom. The van der Waals surface area contributed by atoms with E-state index in [-0.39, 0.29) is 17.3 Å². The van der Waals surface area contributed by atoms with Crippen LogP contribution in [0.5, 0.6) is 5.75 Å². The Kier molecular flexibility index (Phi) is 4.90. The molecule has 0 spiro atoms. The molecule has 0 saturated carbocycles. The molecule has 7 nitrogen and oxygen atoms in total. The summed E-state index contributed by atoms with van der Waals surface area (Å²) in [4.78, 5) is 26.0.